The van der Waals surface area contributed by atoms with Crippen LogP contribution in [0.25, 0.3) is 0 Å². The van der Waals surface area contributed by atoms with Crippen LogP contribution in [-0.2, 0) is 5.88 Å². The normalized spacial score (nSPS) is 10.3. The van der Waals surface area contributed by atoms with Gasteiger partial charge in [-0.05, 0) is 25.1 Å². The molecule has 1 aromatic heterocycles. The SMILES string of the molecule is COc1cccc(OCCNC(=O)c2cc(CCl)c(C)o2)c1. The van der Waals surface area contributed by atoms with Crippen molar-refractivity contribution in [1.29, 1.82) is 0 Å². The molecule has 1 N–H and O–H groups in total. The van der Waals surface area contributed by atoms with Gasteiger partial charge in [-0.25, -0.2) is 0 Å². The lowest BCUT2D eigenvalue weighted by atomic mass is 10.3. The number of nitrogens with one attached hydrogen (secondary N) is 1. The average Bonchev–Trinajstić information content (AvgIpc) is 2.92. The fourth-order valence-corrected chi connectivity index (χ4v) is 2.14. The number of ether oxygens (including phenoxy) is 2. The van der Waals surface area contributed by atoms with Gasteiger partial charge in [0.25, 0.3) is 5.91 Å². The van der Waals surface area contributed by atoms with Crippen LogP contribution >= 0.6 is 11.6 Å². The minimum Gasteiger partial charge on any atom is -0.497 e. The smallest absolute Gasteiger partial charge is 0.287 e. The zero-order chi connectivity index (χ0) is 15.9. The van der Waals surface area contributed by atoms with E-state index in [0.717, 1.165) is 11.3 Å². The van der Waals surface area contributed by atoms with E-state index < -0.39 is 0 Å². The van der Waals surface area contributed by atoms with Crippen LogP contribution in [0.4, 0.5) is 0 Å². The number of alkyl halides is 1. The number of furan rings is 1. The third-order valence-electron chi connectivity index (χ3n) is 3.09. The van der Waals surface area contributed by atoms with Crippen molar-refractivity contribution in [2.75, 3.05) is 20.3 Å². The molecule has 0 fully saturated rings. The topological polar surface area (TPSA) is 60.7 Å². The quantitative estimate of drug-likeness (QED) is 0.628. The minimum absolute atomic E-state index is 0.259. The van der Waals surface area contributed by atoms with E-state index in [1.165, 1.54) is 0 Å². The first-order chi connectivity index (χ1) is 10.6. The molecule has 0 aliphatic carbocycles. The molecule has 2 aromatic rings. The van der Waals surface area contributed by atoms with E-state index >= 15 is 0 Å². The first-order valence-electron chi connectivity index (χ1n) is 6.84. The van der Waals surface area contributed by atoms with Gasteiger partial charge in [0.2, 0.25) is 0 Å². The molecule has 5 nitrogen and oxygen atoms in total. The molecule has 0 radical (unpaired) electrons. The second-order valence-corrected chi connectivity index (χ2v) is 4.88. The van der Waals surface area contributed by atoms with Gasteiger partial charge >= 0.3 is 0 Å². The summed E-state index contributed by atoms with van der Waals surface area (Å²) in [5, 5.41) is 2.73. The maximum absolute atomic E-state index is 11.9. The van der Waals surface area contributed by atoms with Crippen LogP contribution in [0.3, 0.4) is 0 Å². The predicted octanol–water partition coefficient (Wildman–Crippen LogP) is 3.14. The maximum atomic E-state index is 11.9. The zero-order valence-electron chi connectivity index (χ0n) is 12.5. The lowest BCUT2D eigenvalue weighted by Gasteiger charge is -2.08. The largest absolute Gasteiger partial charge is 0.497 e. The molecule has 0 unspecified atom stereocenters. The Morgan fingerprint density at radius 1 is 1.32 bits per heavy atom. The van der Waals surface area contributed by atoms with Crippen LogP contribution in [0.5, 0.6) is 11.5 Å². The van der Waals surface area contributed by atoms with Crippen LogP contribution in [0.15, 0.2) is 34.7 Å². The summed E-state index contributed by atoms with van der Waals surface area (Å²) in [5.41, 5.74) is 0.819. The molecular formula is C16H18ClNO4. The van der Waals surface area contributed by atoms with E-state index in [9.17, 15) is 4.79 Å². The molecular weight excluding hydrogens is 306 g/mol. The number of rotatable bonds is 7. The molecule has 0 saturated heterocycles. The Labute approximate surface area is 134 Å². The van der Waals surface area contributed by atoms with Crippen LogP contribution in [0.1, 0.15) is 21.9 Å². The number of carbonyl (C=O) groups is 1. The molecule has 0 atom stereocenters. The number of halogens is 1. The predicted molar refractivity (Wildman–Crippen MR) is 83.8 cm³/mol. The highest BCUT2D eigenvalue weighted by Gasteiger charge is 2.13. The third-order valence-corrected chi connectivity index (χ3v) is 3.37. The van der Waals surface area contributed by atoms with E-state index in [0.29, 0.717) is 30.5 Å². The van der Waals surface area contributed by atoms with Gasteiger partial charge in [-0.15, -0.1) is 11.6 Å². The fraction of sp³-hybridized carbons (Fsp3) is 0.312. The van der Waals surface area contributed by atoms with Gasteiger partial charge < -0.3 is 19.2 Å². The molecule has 0 aliphatic rings. The van der Waals surface area contributed by atoms with E-state index in [1.54, 1.807) is 26.2 Å². The molecule has 0 saturated carbocycles. The molecule has 1 aromatic carbocycles. The van der Waals surface area contributed by atoms with Crippen molar-refractivity contribution < 1.29 is 18.7 Å². The molecule has 0 aliphatic heterocycles. The molecule has 0 bridgehead atoms. The summed E-state index contributed by atoms with van der Waals surface area (Å²) in [5.74, 6) is 2.37. The summed E-state index contributed by atoms with van der Waals surface area (Å²) in [4.78, 5) is 11.9. The molecule has 1 heterocycles. The molecule has 6 heteroatoms. The fourth-order valence-electron chi connectivity index (χ4n) is 1.88. The van der Waals surface area contributed by atoms with Gasteiger partial charge in [0.15, 0.2) is 5.76 Å². The zero-order valence-corrected chi connectivity index (χ0v) is 13.3. The lowest BCUT2D eigenvalue weighted by Crippen LogP contribution is -2.27. The summed E-state index contributed by atoms with van der Waals surface area (Å²) < 4.78 is 16.0. The van der Waals surface area contributed by atoms with Crippen LogP contribution in [0, 0.1) is 6.92 Å². The van der Waals surface area contributed by atoms with E-state index in [1.807, 2.05) is 18.2 Å². The maximum Gasteiger partial charge on any atom is 0.287 e. The van der Waals surface area contributed by atoms with Gasteiger partial charge in [-0.2, -0.15) is 0 Å². The summed E-state index contributed by atoms with van der Waals surface area (Å²) >= 11 is 5.75. The van der Waals surface area contributed by atoms with E-state index in [-0.39, 0.29) is 11.7 Å². The highest BCUT2D eigenvalue weighted by molar-refractivity contribution is 6.17. The Morgan fingerprint density at radius 3 is 2.77 bits per heavy atom. The first-order valence-corrected chi connectivity index (χ1v) is 7.38. The summed E-state index contributed by atoms with van der Waals surface area (Å²) in [6.45, 7) is 2.49. The van der Waals surface area contributed by atoms with E-state index in [2.05, 4.69) is 5.32 Å². The Balaban J connectivity index is 1.79. The molecule has 22 heavy (non-hydrogen) atoms. The number of hydrogen-bond donors (Lipinski definition) is 1. The van der Waals surface area contributed by atoms with Crippen molar-refractivity contribution in [1.82, 2.24) is 5.32 Å². The lowest BCUT2D eigenvalue weighted by molar-refractivity contribution is 0.0918. The number of benzene rings is 1. The van der Waals surface area contributed by atoms with Crippen molar-refractivity contribution >= 4 is 17.5 Å². The van der Waals surface area contributed by atoms with Gasteiger partial charge in [-0.3, -0.25) is 4.79 Å². The average molecular weight is 324 g/mol. The summed E-state index contributed by atoms with van der Waals surface area (Å²) in [7, 11) is 1.60. The van der Waals surface area contributed by atoms with Crippen LogP contribution in [0.2, 0.25) is 0 Å². The van der Waals surface area contributed by atoms with Crippen molar-refractivity contribution in [3.63, 3.8) is 0 Å². The highest BCUT2D eigenvalue weighted by Crippen LogP contribution is 2.19. The van der Waals surface area contributed by atoms with Gasteiger partial charge in [-0.1, -0.05) is 6.07 Å². The summed E-state index contributed by atoms with van der Waals surface area (Å²) in [6.07, 6.45) is 0. The molecule has 118 valence electrons. The van der Waals surface area contributed by atoms with Crippen molar-refractivity contribution in [2.45, 2.75) is 12.8 Å². The van der Waals surface area contributed by atoms with Crippen LogP contribution in [-0.4, -0.2) is 26.2 Å². The third kappa shape index (κ3) is 4.18. The minimum atomic E-state index is -0.284. The van der Waals surface area contributed by atoms with Crippen molar-refractivity contribution in [3.05, 3.63) is 47.4 Å². The number of hydrogen-bond acceptors (Lipinski definition) is 4. The first kappa shape index (κ1) is 16.2. The number of methoxy groups -OCH3 is 1. The van der Waals surface area contributed by atoms with Crippen molar-refractivity contribution in [2.24, 2.45) is 0 Å². The molecule has 0 spiro atoms. The van der Waals surface area contributed by atoms with Crippen molar-refractivity contribution in [3.8, 4) is 11.5 Å². The Hall–Kier alpha value is -2.14. The van der Waals surface area contributed by atoms with Gasteiger partial charge in [0.05, 0.1) is 19.5 Å². The summed E-state index contributed by atoms with van der Waals surface area (Å²) in [6, 6.07) is 8.94. The molecule has 2 rings (SSSR count). The number of aryl methyl sites for hydroxylation is 1. The number of carbonyl (C=O) groups excluding carboxylic acids is 1. The Bertz CT molecular complexity index is 639. The van der Waals surface area contributed by atoms with Gasteiger partial charge in [0, 0.05) is 11.6 Å². The number of amides is 1. The highest BCUT2D eigenvalue weighted by atomic mass is 35.5. The van der Waals surface area contributed by atoms with Crippen LogP contribution < -0.4 is 14.8 Å². The standard InChI is InChI=1S/C16H18ClNO4/c1-11-12(10-17)8-15(22-11)16(19)18-6-7-21-14-5-3-4-13(9-14)20-2/h3-5,8-9H,6-7,10H2,1-2H3,(H,18,19). The van der Waals surface area contributed by atoms with Gasteiger partial charge in [0.1, 0.15) is 23.9 Å². The monoisotopic (exact) mass is 323 g/mol. The molecule has 1 amide bonds. The Kier molecular flexibility index (Phi) is 5.72. The second kappa shape index (κ2) is 7.75. The van der Waals surface area contributed by atoms with E-state index in [4.69, 9.17) is 25.5 Å². The second-order valence-electron chi connectivity index (χ2n) is 4.61. The Morgan fingerprint density at radius 2 is 2.09 bits per heavy atom.